The average molecular weight is 1090 g/mol. The Morgan fingerprint density at radius 3 is 1.19 bits per heavy atom. The van der Waals surface area contributed by atoms with Crippen molar-refractivity contribution in [2.75, 3.05) is 52.9 Å². The molecule has 0 unspecified atom stereocenters. The van der Waals surface area contributed by atoms with Crippen LogP contribution in [0.2, 0.25) is 0 Å². The topological polar surface area (TPSA) is 172 Å². The molecular weight excluding hydrogens is 1020 g/mol. The van der Waals surface area contributed by atoms with Crippen molar-refractivity contribution in [3.63, 3.8) is 0 Å². The molecule has 0 bridgehead atoms. The lowest BCUT2D eigenvalue weighted by Crippen LogP contribution is -2.09. The standard InChI is InChI=1S/C64H71NO13S/c1-4-59(66)74-40-16-10-7-13-37-71-51-25-19-47(20-26-51)35-43-77-63(69)49-23-33-55-56-34-24-50(64(70)78-44-36-48-21-27-52(28-22-48)72-38-14-8-11-17-41-75-60(67)5-2)46-58(56)65-62(57(55)45-49)79-54-31-29-53(30-32-54)73-39-15-9-12-18-42-76-61(68)6-3/h4-6,19-34,45-46H,1-3,7-18,35-44H2. The van der Waals surface area contributed by atoms with Gasteiger partial charge in [-0.3, -0.25) is 0 Å². The number of pyridine rings is 1. The van der Waals surface area contributed by atoms with E-state index < -0.39 is 29.8 Å². The minimum atomic E-state index is -0.464. The number of carbonyl (C=O) groups is 5. The maximum Gasteiger partial charge on any atom is 0.338 e. The van der Waals surface area contributed by atoms with Crippen LogP contribution < -0.4 is 14.2 Å². The first kappa shape index (κ1) is 60.3. The van der Waals surface area contributed by atoms with Crippen LogP contribution in [0.5, 0.6) is 17.2 Å². The van der Waals surface area contributed by atoms with Gasteiger partial charge in [-0.15, -0.1) is 0 Å². The van der Waals surface area contributed by atoms with Crippen LogP contribution in [0.25, 0.3) is 21.7 Å². The lowest BCUT2D eigenvalue weighted by molar-refractivity contribution is -0.138. The molecule has 0 saturated heterocycles. The van der Waals surface area contributed by atoms with E-state index >= 15 is 0 Å². The van der Waals surface area contributed by atoms with Crippen molar-refractivity contribution in [1.82, 2.24) is 4.98 Å². The zero-order valence-electron chi connectivity index (χ0n) is 45.0. The average Bonchev–Trinajstić information content (AvgIpc) is 3.51. The predicted octanol–water partition coefficient (Wildman–Crippen LogP) is 13.3. The molecule has 6 aromatic rings. The molecule has 0 radical (unpaired) electrons. The molecule has 15 heteroatoms. The highest BCUT2D eigenvalue weighted by Crippen LogP contribution is 2.37. The normalized spacial score (nSPS) is 10.8. The fourth-order valence-corrected chi connectivity index (χ4v) is 9.08. The molecule has 0 amide bonds. The lowest BCUT2D eigenvalue weighted by atomic mass is 10.0. The summed E-state index contributed by atoms with van der Waals surface area (Å²) >= 11 is 1.44. The van der Waals surface area contributed by atoms with Crippen LogP contribution in [0.3, 0.4) is 0 Å². The molecule has 0 aliphatic rings. The highest BCUT2D eigenvalue weighted by Gasteiger charge is 2.17. The summed E-state index contributed by atoms with van der Waals surface area (Å²) in [6.45, 7) is 13.5. The first-order valence-electron chi connectivity index (χ1n) is 27.1. The molecule has 0 aliphatic heterocycles. The van der Waals surface area contributed by atoms with E-state index in [4.69, 9.17) is 42.9 Å². The van der Waals surface area contributed by atoms with Crippen LogP contribution in [0, 0.1) is 0 Å². The van der Waals surface area contributed by atoms with Gasteiger partial charge in [0, 0.05) is 46.7 Å². The molecule has 0 N–H and O–H groups in total. The molecular formula is C64H71NO13S. The third-order valence-corrected chi connectivity index (χ3v) is 13.5. The lowest BCUT2D eigenvalue weighted by Gasteiger charge is -2.13. The molecule has 1 aromatic heterocycles. The summed E-state index contributed by atoms with van der Waals surface area (Å²) in [6, 6.07) is 34.1. The van der Waals surface area contributed by atoms with E-state index in [-0.39, 0.29) is 13.2 Å². The first-order valence-corrected chi connectivity index (χ1v) is 27.9. The van der Waals surface area contributed by atoms with E-state index in [9.17, 15) is 24.0 Å². The zero-order valence-corrected chi connectivity index (χ0v) is 45.8. The molecule has 0 aliphatic carbocycles. The second-order valence-corrected chi connectivity index (χ2v) is 19.5. The fraction of sp³-hybridized carbons (Fsp3) is 0.344. The van der Waals surface area contributed by atoms with Crippen LogP contribution in [-0.2, 0) is 50.9 Å². The highest BCUT2D eigenvalue weighted by molar-refractivity contribution is 7.99. The number of aromatic nitrogens is 1. The first-order chi connectivity index (χ1) is 38.6. The Morgan fingerprint density at radius 1 is 0.392 bits per heavy atom. The van der Waals surface area contributed by atoms with E-state index in [0.29, 0.717) is 74.2 Å². The molecule has 416 valence electrons. The van der Waals surface area contributed by atoms with Crippen LogP contribution in [0.4, 0.5) is 0 Å². The van der Waals surface area contributed by atoms with E-state index in [0.717, 1.165) is 126 Å². The molecule has 79 heavy (non-hydrogen) atoms. The van der Waals surface area contributed by atoms with Gasteiger partial charge in [0.25, 0.3) is 0 Å². The number of benzene rings is 5. The van der Waals surface area contributed by atoms with Crippen molar-refractivity contribution in [2.45, 2.75) is 99.8 Å². The maximum absolute atomic E-state index is 13.6. The van der Waals surface area contributed by atoms with Crippen LogP contribution in [0.15, 0.2) is 157 Å². The molecule has 5 aromatic carbocycles. The third kappa shape index (κ3) is 21.4. The van der Waals surface area contributed by atoms with Crippen LogP contribution >= 0.6 is 11.8 Å². The maximum atomic E-state index is 13.6. The van der Waals surface area contributed by atoms with Gasteiger partial charge in [0.1, 0.15) is 22.3 Å². The minimum absolute atomic E-state index is 0.181. The Hall–Kier alpha value is -7.91. The van der Waals surface area contributed by atoms with Gasteiger partial charge in [-0.25, -0.2) is 29.0 Å². The molecule has 0 atom stereocenters. The van der Waals surface area contributed by atoms with Crippen LogP contribution in [-0.4, -0.2) is 87.7 Å². The number of esters is 5. The van der Waals surface area contributed by atoms with Gasteiger partial charge < -0.3 is 37.9 Å². The molecule has 0 spiro atoms. The number of fused-ring (bicyclic) bond motifs is 3. The third-order valence-electron chi connectivity index (χ3n) is 12.5. The number of rotatable bonds is 37. The summed E-state index contributed by atoms with van der Waals surface area (Å²) in [5, 5.41) is 3.05. The summed E-state index contributed by atoms with van der Waals surface area (Å²) < 4.78 is 44.4. The van der Waals surface area contributed by atoms with Gasteiger partial charge in [-0.2, -0.15) is 0 Å². The van der Waals surface area contributed by atoms with Gasteiger partial charge in [-0.1, -0.05) is 67.9 Å². The monoisotopic (exact) mass is 1090 g/mol. The number of carbonyl (C=O) groups excluding carboxylic acids is 5. The van der Waals surface area contributed by atoms with Crippen molar-refractivity contribution in [3.8, 4) is 17.2 Å². The van der Waals surface area contributed by atoms with E-state index in [2.05, 4.69) is 19.7 Å². The van der Waals surface area contributed by atoms with Gasteiger partial charge in [-0.05, 0) is 166 Å². The molecule has 6 rings (SSSR count). The summed E-state index contributed by atoms with van der Waals surface area (Å²) in [6.07, 6.45) is 15.2. The van der Waals surface area contributed by atoms with Crippen molar-refractivity contribution >= 4 is 63.3 Å². The Bertz CT molecular complexity index is 2940. The van der Waals surface area contributed by atoms with Crippen molar-refractivity contribution in [2.24, 2.45) is 0 Å². The Balaban J connectivity index is 1.04. The Morgan fingerprint density at radius 2 is 0.772 bits per heavy atom. The fourth-order valence-electron chi connectivity index (χ4n) is 8.16. The SMILES string of the molecule is C=CC(=O)OCCCCCCOc1ccc(CCOC(=O)c2ccc3c(c2)nc(Sc2ccc(OCCCCCCOC(=O)C=C)cc2)c2cc(C(=O)OCCc4ccc(OCCCCCCOC(=O)C=C)cc4)ccc23)cc1. The number of unbranched alkanes of at least 4 members (excludes halogenated alkanes) is 9. The van der Waals surface area contributed by atoms with Gasteiger partial charge >= 0.3 is 29.8 Å². The molecule has 0 saturated carbocycles. The van der Waals surface area contributed by atoms with Crippen molar-refractivity contribution < 1.29 is 61.9 Å². The summed E-state index contributed by atoms with van der Waals surface area (Å²) in [5.41, 5.74) is 3.35. The zero-order chi connectivity index (χ0) is 55.9. The van der Waals surface area contributed by atoms with Crippen LogP contribution in [0.1, 0.15) is 109 Å². The van der Waals surface area contributed by atoms with E-state index in [1.807, 2.05) is 91.0 Å². The largest absolute Gasteiger partial charge is 0.494 e. The highest BCUT2D eigenvalue weighted by atomic mass is 32.2. The van der Waals surface area contributed by atoms with Crippen molar-refractivity contribution in [3.05, 3.63) is 169 Å². The van der Waals surface area contributed by atoms with Gasteiger partial charge in [0.05, 0.1) is 69.5 Å². The van der Waals surface area contributed by atoms with Gasteiger partial charge in [0.15, 0.2) is 0 Å². The predicted molar refractivity (Wildman–Crippen MR) is 306 cm³/mol. The Labute approximate surface area is 467 Å². The summed E-state index contributed by atoms with van der Waals surface area (Å²) in [5.74, 6) is 0.137. The minimum Gasteiger partial charge on any atom is -0.494 e. The summed E-state index contributed by atoms with van der Waals surface area (Å²) in [7, 11) is 0. The molecule has 14 nitrogen and oxygen atoms in total. The number of ether oxygens (including phenoxy) is 8. The van der Waals surface area contributed by atoms with E-state index in [1.54, 1.807) is 18.2 Å². The second kappa shape index (κ2) is 34.1. The molecule has 1 heterocycles. The van der Waals surface area contributed by atoms with Crippen molar-refractivity contribution in [1.29, 1.82) is 0 Å². The quantitative estimate of drug-likeness (QED) is 0.0118. The number of hydrogen-bond donors (Lipinski definition) is 0. The smallest absolute Gasteiger partial charge is 0.338 e. The Kier molecular flexibility index (Phi) is 26.0. The van der Waals surface area contributed by atoms with Gasteiger partial charge in [0.2, 0.25) is 0 Å². The second-order valence-electron chi connectivity index (χ2n) is 18.4. The summed E-state index contributed by atoms with van der Waals surface area (Å²) in [4.78, 5) is 66.6. The van der Waals surface area contributed by atoms with E-state index in [1.165, 1.54) is 30.0 Å². The molecule has 0 fully saturated rings. The number of hydrogen-bond acceptors (Lipinski definition) is 15. The number of nitrogens with zero attached hydrogens (tertiary/aromatic N) is 1.